The highest BCUT2D eigenvalue weighted by Gasteiger charge is 2.08. The summed E-state index contributed by atoms with van der Waals surface area (Å²) >= 11 is 0. The van der Waals surface area contributed by atoms with Crippen LogP contribution in [0.2, 0.25) is 0 Å². The van der Waals surface area contributed by atoms with Crippen LogP contribution in [-0.2, 0) is 9.47 Å². The van der Waals surface area contributed by atoms with Crippen LogP contribution < -0.4 is 5.32 Å². The van der Waals surface area contributed by atoms with Crippen molar-refractivity contribution in [3.8, 4) is 0 Å². The molecule has 2 atom stereocenters. The molecule has 0 saturated heterocycles. The van der Waals surface area contributed by atoms with E-state index in [1.165, 1.54) is 6.42 Å². The number of hydrogen-bond donors (Lipinski definition) is 1. The van der Waals surface area contributed by atoms with Crippen LogP contribution in [0.4, 0.5) is 0 Å². The molecule has 0 amide bonds. The summed E-state index contributed by atoms with van der Waals surface area (Å²) in [7, 11) is 1.75. The second-order valence-electron chi connectivity index (χ2n) is 3.59. The molecule has 0 radical (unpaired) electrons. The summed E-state index contributed by atoms with van der Waals surface area (Å²) in [6.45, 7) is 9.01. The van der Waals surface area contributed by atoms with Crippen molar-refractivity contribution in [2.45, 2.75) is 45.8 Å². The van der Waals surface area contributed by atoms with Crippen LogP contribution in [0, 0.1) is 0 Å². The van der Waals surface area contributed by atoms with Crippen LogP contribution in [-0.4, -0.2) is 39.0 Å². The van der Waals surface area contributed by atoms with E-state index in [0.717, 1.165) is 26.2 Å². The van der Waals surface area contributed by atoms with Crippen LogP contribution in [0.5, 0.6) is 0 Å². The van der Waals surface area contributed by atoms with Crippen molar-refractivity contribution in [3.63, 3.8) is 0 Å². The molecule has 0 aliphatic rings. The highest BCUT2D eigenvalue weighted by atomic mass is 16.5. The van der Waals surface area contributed by atoms with Gasteiger partial charge in [0.25, 0.3) is 0 Å². The summed E-state index contributed by atoms with van der Waals surface area (Å²) < 4.78 is 10.5. The Hall–Kier alpha value is -0.120. The first kappa shape index (κ1) is 13.9. The molecule has 0 rings (SSSR count). The fourth-order valence-corrected chi connectivity index (χ4v) is 1.17. The second-order valence-corrected chi connectivity index (χ2v) is 3.59. The Kier molecular flexibility index (Phi) is 9.35. The third kappa shape index (κ3) is 7.30. The topological polar surface area (TPSA) is 30.5 Å². The summed E-state index contributed by atoms with van der Waals surface area (Å²) in [5, 5.41) is 3.43. The molecule has 3 heteroatoms. The van der Waals surface area contributed by atoms with Gasteiger partial charge in [0.15, 0.2) is 0 Å². The molecule has 0 aromatic rings. The van der Waals surface area contributed by atoms with Crippen LogP contribution in [0.1, 0.15) is 33.6 Å². The minimum atomic E-state index is 0.280. The van der Waals surface area contributed by atoms with Crippen molar-refractivity contribution in [1.82, 2.24) is 5.32 Å². The fraction of sp³-hybridized carbons (Fsp3) is 1.00. The summed E-state index contributed by atoms with van der Waals surface area (Å²) in [5.41, 5.74) is 0. The van der Waals surface area contributed by atoms with Crippen molar-refractivity contribution in [2.75, 3.05) is 26.9 Å². The molecule has 14 heavy (non-hydrogen) atoms. The van der Waals surface area contributed by atoms with Crippen molar-refractivity contribution < 1.29 is 9.47 Å². The molecular formula is C11H25NO2. The monoisotopic (exact) mass is 203 g/mol. The average molecular weight is 203 g/mol. The Balaban J connectivity index is 3.18. The quantitative estimate of drug-likeness (QED) is 0.580. The molecule has 0 saturated carbocycles. The Bertz CT molecular complexity index is 120. The van der Waals surface area contributed by atoms with Gasteiger partial charge < -0.3 is 14.8 Å². The molecule has 0 aliphatic heterocycles. The van der Waals surface area contributed by atoms with Gasteiger partial charge in [-0.1, -0.05) is 0 Å². The minimum Gasteiger partial charge on any atom is -0.382 e. The van der Waals surface area contributed by atoms with E-state index >= 15 is 0 Å². The van der Waals surface area contributed by atoms with E-state index in [0.29, 0.717) is 6.04 Å². The van der Waals surface area contributed by atoms with Gasteiger partial charge >= 0.3 is 0 Å². The predicted molar refractivity (Wildman–Crippen MR) is 59.7 cm³/mol. The van der Waals surface area contributed by atoms with Gasteiger partial charge in [-0.3, -0.25) is 0 Å². The van der Waals surface area contributed by atoms with Crippen LogP contribution in [0.15, 0.2) is 0 Å². The van der Waals surface area contributed by atoms with Crippen LogP contribution in [0.3, 0.4) is 0 Å². The maximum atomic E-state index is 5.26. The highest BCUT2D eigenvalue weighted by molar-refractivity contribution is 4.67. The lowest BCUT2D eigenvalue weighted by atomic mass is 10.2. The number of unbranched alkanes of at least 4 members (excludes halogenated alkanes) is 1. The van der Waals surface area contributed by atoms with E-state index in [4.69, 9.17) is 9.47 Å². The van der Waals surface area contributed by atoms with Gasteiger partial charge in [-0.05, 0) is 40.2 Å². The maximum absolute atomic E-state index is 5.26. The van der Waals surface area contributed by atoms with Gasteiger partial charge in [0.05, 0.1) is 6.10 Å². The predicted octanol–water partition coefficient (Wildman–Crippen LogP) is 1.82. The molecule has 1 N–H and O–H groups in total. The zero-order chi connectivity index (χ0) is 10.8. The van der Waals surface area contributed by atoms with Crippen molar-refractivity contribution in [3.05, 3.63) is 0 Å². The number of ether oxygens (including phenoxy) is 2. The van der Waals surface area contributed by atoms with Crippen molar-refractivity contribution in [1.29, 1.82) is 0 Å². The van der Waals surface area contributed by atoms with Crippen LogP contribution >= 0.6 is 0 Å². The third-order valence-electron chi connectivity index (χ3n) is 2.46. The number of hydrogen-bond acceptors (Lipinski definition) is 3. The SMILES string of the molecule is CCOCCCCNC(C)C(C)OC. The molecule has 2 unspecified atom stereocenters. The Labute approximate surface area is 88.2 Å². The number of methoxy groups -OCH3 is 1. The van der Waals surface area contributed by atoms with Gasteiger partial charge in [0.1, 0.15) is 0 Å². The van der Waals surface area contributed by atoms with Crippen molar-refractivity contribution in [2.24, 2.45) is 0 Å². The summed E-state index contributed by atoms with van der Waals surface area (Å²) in [6.07, 6.45) is 2.58. The fourth-order valence-electron chi connectivity index (χ4n) is 1.17. The first-order valence-corrected chi connectivity index (χ1v) is 5.56. The molecule has 0 heterocycles. The minimum absolute atomic E-state index is 0.280. The van der Waals surface area contributed by atoms with Gasteiger partial charge in [0.2, 0.25) is 0 Å². The van der Waals surface area contributed by atoms with Gasteiger partial charge in [-0.15, -0.1) is 0 Å². The third-order valence-corrected chi connectivity index (χ3v) is 2.46. The average Bonchev–Trinajstić information content (AvgIpc) is 2.21. The highest BCUT2D eigenvalue weighted by Crippen LogP contribution is 1.96. The lowest BCUT2D eigenvalue weighted by Gasteiger charge is -2.19. The summed E-state index contributed by atoms with van der Waals surface area (Å²) in [4.78, 5) is 0. The lowest BCUT2D eigenvalue weighted by molar-refractivity contribution is 0.0881. The number of nitrogens with one attached hydrogen (secondary N) is 1. The molecule has 0 aromatic heterocycles. The Morgan fingerprint density at radius 3 is 2.50 bits per heavy atom. The van der Waals surface area contributed by atoms with Gasteiger partial charge in [-0.25, -0.2) is 0 Å². The largest absolute Gasteiger partial charge is 0.382 e. The zero-order valence-corrected chi connectivity index (χ0v) is 10.0. The molecule has 3 nitrogen and oxygen atoms in total. The second kappa shape index (κ2) is 9.44. The number of rotatable bonds is 9. The maximum Gasteiger partial charge on any atom is 0.0693 e. The zero-order valence-electron chi connectivity index (χ0n) is 10.0. The molecule has 0 aliphatic carbocycles. The summed E-state index contributed by atoms with van der Waals surface area (Å²) in [5.74, 6) is 0. The Morgan fingerprint density at radius 1 is 1.21 bits per heavy atom. The van der Waals surface area contributed by atoms with E-state index in [1.54, 1.807) is 7.11 Å². The van der Waals surface area contributed by atoms with Gasteiger partial charge in [-0.2, -0.15) is 0 Å². The Morgan fingerprint density at radius 2 is 1.93 bits per heavy atom. The summed E-state index contributed by atoms with van der Waals surface area (Å²) in [6, 6.07) is 0.423. The standard InChI is InChI=1S/C11H25NO2/c1-5-14-9-7-6-8-12-10(2)11(3)13-4/h10-12H,5-9H2,1-4H3. The molecular weight excluding hydrogens is 178 g/mol. The first-order chi connectivity index (χ1) is 6.72. The van der Waals surface area contributed by atoms with E-state index in [1.807, 2.05) is 6.92 Å². The smallest absolute Gasteiger partial charge is 0.0693 e. The van der Waals surface area contributed by atoms with E-state index < -0.39 is 0 Å². The molecule has 86 valence electrons. The van der Waals surface area contributed by atoms with Crippen molar-refractivity contribution >= 4 is 0 Å². The van der Waals surface area contributed by atoms with Gasteiger partial charge in [0, 0.05) is 26.4 Å². The van der Waals surface area contributed by atoms with E-state index in [9.17, 15) is 0 Å². The molecule has 0 fully saturated rings. The molecule has 0 spiro atoms. The van der Waals surface area contributed by atoms with Crippen LogP contribution in [0.25, 0.3) is 0 Å². The first-order valence-electron chi connectivity index (χ1n) is 5.56. The molecule has 0 bridgehead atoms. The van der Waals surface area contributed by atoms with E-state index in [2.05, 4.69) is 19.2 Å². The lowest BCUT2D eigenvalue weighted by Crippen LogP contribution is -2.37. The molecule has 0 aromatic carbocycles. The van der Waals surface area contributed by atoms with E-state index in [-0.39, 0.29) is 6.10 Å². The normalized spacial score (nSPS) is 15.4.